The first-order valence-electron chi connectivity index (χ1n) is 18.7. The molecule has 282 valence electrons. The molecular weight excluding hydrogens is 670 g/mol. The summed E-state index contributed by atoms with van der Waals surface area (Å²) in [6.45, 7) is 1.14. The lowest BCUT2D eigenvalue weighted by Gasteiger charge is -2.58. The van der Waals surface area contributed by atoms with Crippen molar-refractivity contribution in [3.63, 3.8) is 0 Å². The van der Waals surface area contributed by atoms with Gasteiger partial charge in [-0.3, -0.25) is 0 Å². The Morgan fingerprint density at radius 2 is 1.81 bits per heavy atom. The number of aromatic hydroxyl groups is 1. The fraction of sp³-hybridized carbons (Fsp3) is 0.590. The van der Waals surface area contributed by atoms with E-state index >= 15 is 0 Å². The summed E-state index contributed by atoms with van der Waals surface area (Å²) >= 11 is 0. The van der Waals surface area contributed by atoms with Crippen LogP contribution < -0.4 is 19.5 Å². The highest BCUT2D eigenvalue weighted by Gasteiger charge is 2.63. The molecule has 2 aromatic rings. The molecule has 2 aliphatic carbocycles. The summed E-state index contributed by atoms with van der Waals surface area (Å²) in [5, 5.41) is 50.9. The average Bonchev–Trinajstić information content (AvgIpc) is 3.63. The van der Waals surface area contributed by atoms with Gasteiger partial charge in [-0.25, -0.2) is 4.79 Å². The number of carbonyl (C=O) groups excluding carboxylic acids is 1. The number of ether oxygens (including phenoxy) is 4. The molecule has 1 saturated heterocycles. The van der Waals surface area contributed by atoms with Crippen LogP contribution in [0.3, 0.4) is 0 Å². The van der Waals surface area contributed by atoms with E-state index in [-0.39, 0.29) is 56.5 Å². The molecule has 5 N–H and O–H groups in total. The number of nitrogens with one attached hydrogen (secondary N) is 1. The van der Waals surface area contributed by atoms with Crippen molar-refractivity contribution >= 4 is 11.7 Å². The summed E-state index contributed by atoms with van der Waals surface area (Å²) in [6, 6.07) is 9.18. The molecule has 7 unspecified atom stereocenters. The Hall–Kier alpha value is -4.04. The maximum absolute atomic E-state index is 14.0. The number of fused-ring (bicyclic) bond motifs is 3. The largest absolute Gasteiger partial charge is 0.508 e. The number of rotatable bonds is 13. The third-order valence-corrected chi connectivity index (χ3v) is 11.3. The van der Waals surface area contributed by atoms with E-state index in [0.717, 1.165) is 55.2 Å². The Morgan fingerprint density at radius 3 is 2.60 bits per heavy atom. The molecule has 0 radical (unpaired) electrons. The van der Waals surface area contributed by atoms with Gasteiger partial charge >= 0.3 is 6.03 Å². The lowest BCUT2D eigenvalue weighted by molar-refractivity contribution is -0.226. The Labute approximate surface area is 304 Å². The Balaban J connectivity index is 1.27. The molecule has 3 aliphatic heterocycles. The number of oxime groups is 1. The Morgan fingerprint density at radius 1 is 1.02 bits per heavy atom. The molecule has 2 aromatic carbocycles. The summed E-state index contributed by atoms with van der Waals surface area (Å²) < 4.78 is 23.4. The summed E-state index contributed by atoms with van der Waals surface area (Å²) in [5.74, 6) is -0.965. The number of carbonyl (C=O) groups is 1. The van der Waals surface area contributed by atoms with Crippen molar-refractivity contribution in [1.29, 1.82) is 0 Å². The molecule has 2 fully saturated rings. The van der Waals surface area contributed by atoms with Crippen LogP contribution in [0.1, 0.15) is 81.3 Å². The van der Waals surface area contributed by atoms with E-state index in [0.29, 0.717) is 48.8 Å². The van der Waals surface area contributed by atoms with Crippen molar-refractivity contribution < 1.29 is 49.0 Å². The van der Waals surface area contributed by atoms with Crippen LogP contribution in [0.25, 0.3) is 0 Å². The summed E-state index contributed by atoms with van der Waals surface area (Å²) in [7, 11) is 1.65. The predicted octanol–water partition coefficient (Wildman–Crippen LogP) is 4.91. The number of hydrogen-bond acceptors (Lipinski definition) is 11. The van der Waals surface area contributed by atoms with Gasteiger partial charge in [0, 0.05) is 51.1 Å². The molecule has 1 saturated carbocycles. The van der Waals surface area contributed by atoms with E-state index in [1.54, 1.807) is 25.2 Å². The van der Waals surface area contributed by atoms with Crippen LogP contribution >= 0.6 is 0 Å². The van der Waals surface area contributed by atoms with Gasteiger partial charge in [0.05, 0.1) is 18.2 Å². The van der Waals surface area contributed by atoms with Crippen molar-refractivity contribution in [2.24, 2.45) is 22.9 Å². The average molecular weight is 722 g/mol. The molecular formula is C39H51N3O10. The van der Waals surface area contributed by atoms with Gasteiger partial charge in [0.2, 0.25) is 18.9 Å². The smallest absolute Gasteiger partial charge is 0.317 e. The number of aliphatic hydroxyl groups excluding tert-OH is 2. The normalized spacial score (nSPS) is 29.4. The van der Waals surface area contributed by atoms with Crippen molar-refractivity contribution in [3.05, 3.63) is 59.2 Å². The first kappa shape index (κ1) is 36.3. The highest BCUT2D eigenvalue weighted by atomic mass is 16.8. The molecule has 13 nitrogen and oxygen atoms in total. The minimum atomic E-state index is -1.86. The van der Waals surface area contributed by atoms with Gasteiger partial charge in [0.25, 0.3) is 0 Å². The quantitative estimate of drug-likeness (QED) is 0.141. The number of unbranched alkanes of at least 4 members (excludes halogenated alkanes) is 2. The fourth-order valence-electron chi connectivity index (χ4n) is 8.77. The number of likely N-dealkylation sites (N-methyl/N-ethyl adjacent to an activating group) is 1. The zero-order valence-corrected chi connectivity index (χ0v) is 29.7. The molecule has 5 aliphatic rings. The van der Waals surface area contributed by atoms with Crippen LogP contribution in [0.2, 0.25) is 0 Å². The summed E-state index contributed by atoms with van der Waals surface area (Å²) in [6.07, 6.45) is 8.94. The first-order valence-corrected chi connectivity index (χ1v) is 18.7. The number of nitrogens with zero attached hydrogens (tertiary/aromatic N) is 2. The number of amides is 2. The number of aliphatic hydroxyl groups is 3. The number of allylic oxidation sites excluding steroid dienone is 1. The summed E-state index contributed by atoms with van der Waals surface area (Å²) in [5.41, 5.74) is 3.03. The lowest BCUT2D eigenvalue weighted by atomic mass is 9.55. The van der Waals surface area contributed by atoms with Crippen LogP contribution in [0.4, 0.5) is 4.79 Å². The van der Waals surface area contributed by atoms with Gasteiger partial charge in [-0.2, -0.15) is 0 Å². The van der Waals surface area contributed by atoms with E-state index in [1.165, 1.54) is 4.90 Å². The number of hydrogen-bond donors (Lipinski definition) is 5. The molecule has 52 heavy (non-hydrogen) atoms. The summed E-state index contributed by atoms with van der Waals surface area (Å²) in [4.78, 5) is 21.5. The molecule has 3 heterocycles. The molecule has 2 amide bonds. The third-order valence-electron chi connectivity index (χ3n) is 11.3. The Kier molecular flexibility index (Phi) is 11.1. The van der Waals surface area contributed by atoms with E-state index in [1.807, 2.05) is 18.2 Å². The molecule has 13 heteroatoms. The van der Waals surface area contributed by atoms with Gasteiger partial charge in [-0.1, -0.05) is 30.1 Å². The second-order valence-electron chi connectivity index (χ2n) is 14.6. The highest BCUT2D eigenvalue weighted by molar-refractivity contribution is 6.03. The van der Waals surface area contributed by atoms with E-state index in [9.17, 15) is 25.2 Å². The number of urea groups is 1. The van der Waals surface area contributed by atoms with Gasteiger partial charge < -0.3 is 54.4 Å². The van der Waals surface area contributed by atoms with Crippen molar-refractivity contribution in [3.8, 4) is 23.0 Å². The lowest BCUT2D eigenvalue weighted by Crippen LogP contribution is -2.69. The van der Waals surface area contributed by atoms with Crippen LogP contribution in [-0.4, -0.2) is 88.8 Å². The second kappa shape index (κ2) is 15.9. The number of benzene rings is 2. The number of phenols is 1. The van der Waals surface area contributed by atoms with Gasteiger partial charge in [0.1, 0.15) is 17.5 Å². The van der Waals surface area contributed by atoms with Gasteiger partial charge in [0.15, 0.2) is 11.5 Å². The van der Waals surface area contributed by atoms with Crippen LogP contribution in [0.5, 0.6) is 23.0 Å². The van der Waals surface area contributed by atoms with Crippen molar-refractivity contribution in [1.82, 2.24) is 10.2 Å². The molecule has 0 spiro atoms. The van der Waals surface area contributed by atoms with Crippen LogP contribution in [-0.2, 0) is 16.1 Å². The van der Waals surface area contributed by atoms with Gasteiger partial charge in [-0.15, -0.1) is 0 Å². The minimum Gasteiger partial charge on any atom is -0.508 e. The monoisotopic (exact) mass is 721 g/mol. The minimum absolute atomic E-state index is 0.00250. The van der Waals surface area contributed by atoms with Crippen molar-refractivity contribution in [2.75, 3.05) is 33.7 Å². The topological polar surface area (TPSA) is 172 Å². The predicted molar refractivity (Wildman–Crippen MR) is 190 cm³/mol. The van der Waals surface area contributed by atoms with Crippen LogP contribution in [0.15, 0.2) is 53.2 Å². The van der Waals surface area contributed by atoms with Crippen LogP contribution in [0, 0.1) is 17.8 Å². The highest BCUT2D eigenvalue weighted by Crippen LogP contribution is 2.60. The van der Waals surface area contributed by atoms with Crippen molar-refractivity contribution in [2.45, 2.75) is 94.8 Å². The number of phenolic OH excluding ortho intramolecular Hbond substituents is 1. The molecule has 7 rings (SSSR count). The Bertz CT molecular complexity index is 1640. The van der Waals surface area contributed by atoms with Gasteiger partial charge in [-0.05, 0) is 91.8 Å². The molecule has 0 bridgehead atoms. The van der Waals surface area contributed by atoms with E-state index in [2.05, 4.69) is 11.4 Å². The standard InChI is InChI=1S/C39H51N3O10/c1-42(38(46)40-22-24-11-13-32-33(18-24)50-23-49-32)34-21-30(41-52-35-10-4-7-17-48-35)28-19-25(8-2-5-15-43)27(9-3-6-16-44)36-29-20-26(45)12-14-31(29)51-39(34,47)37(28)36/h11-14,18-20,25,27,34-37,43-45,47H,2-10,15-17,21-23H2,1H3,(H,40,46). The third kappa shape index (κ3) is 7.28. The first-order chi connectivity index (χ1) is 25.3. The zero-order valence-electron chi connectivity index (χ0n) is 29.7. The van der Waals surface area contributed by atoms with E-state index < -0.39 is 30.1 Å². The molecule has 0 aromatic heterocycles. The molecule has 7 atom stereocenters. The van der Waals surface area contributed by atoms with E-state index in [4.69, 9.17) is 28.9 Å². The zero-order chi connectivity index (χ0) is 36.2. The fourth-order valence-corrected chi connectivity index (χ4v) is 8.77. The maximum atomic E-state index is 14.0. The SMILES string of the molecule is CN(C(=O)NCc1ccc2c(c1)OCO2)C1CC(=NOC2CCCCO2)C2=CC(CCCCO)C(CCCCO)C3c4cc(O)ccc4OC1(O)C23. The second-order valence-corrected chi connectivity index (χ2v) is 14.6. The maximum Gasteiger partial charge on any atom is 0.317 e.